The summed E-state index contributed by atoms with van der Waals surface area (Å²) < 4.78 is 5.72. The van der Waals surface area contributed by atoms with Gasteiger partial charge in [-0.25, -0.2) is 4.79 Å². The average Bonchev–Trinajstić information content (AvgIpc) is 2.51. The van der Waals surface area contributed by atoms with E-state index in [2.05, 4.69) is 20.4 Å². The van der Waals surface area contributed by atoms with Crippen molar-refractivity contribution in [2.24, 2.45) is 23.2 Å². The van der Waals surface area contributed by atoms with E-state index in [1.165, 1.54) is 0 Å². The average molecular weight is 334 g/mol. The number of aliphatic hydroxyl groups is 1. The SMILES string of the molecule is C=C(C)[C@H]1C[C@@]2(C)[C@H](CC(=O)C[C@@H]2C)[C@H](OC(=O)/C(C)=C\C)[C@@H]1O. The van der Waals surface area contributed by atoms with Crippen LogP contribution in [0.3, 0.4) is 0 Å². The molecule has 4 heteroatoms. The van der Waals surface area contributed by atoms with Crippen LogP contribution < -0.4 is 0 Å². The second kappa shape index (κ2) is 6.83. The van der Waals surface area contributed by atoms with Crippen molar-refractivity contribution >= 4 is 11.8 Å². The molecule has 0 aromatic rings. The van der Waals surface area contributed by atoms with Gasteiger partial charge in [0.25, 0.3) is 0 Å². The van der Waals surface area contributed by atoms with Gasteiger partial charge < -0.3 is 9.84 Å². The second-order valence-corrected chi connectivity index (χ2v) is 7.95. The Labute approximate surface area is 145 Å². The van der Waals surface area contributed by atoms with Gasteiger partial charge in [0, 0.05) is 30.3 Å². The van der Waals surface area contributed by atoms with Crippen LogP contribution in [0.25, 0.3) is 0 Å². The van der Waals surface area contributed by atoms with Crippen LogP contribution in [0.2, 0.25) is 0 Å². The maximum Gasteiger partial charge on any atom is 0.333 e. The summed E-state index contributed by atoms with van der Waals surface area (Å²) in [6.45, 7) is 13.7. The highest BCUT2D eigenvalue weighted by Gasteiger charge is 2.56. The molecule has 1 N–H and O–H groups in total. The molecule has 0 unspecified atom stereocenters. The number of hydrogen-bond donors (Lipinski definition) is 1. The molecule has 2 saturated carbocycles. The summed E-state index contributed by atoms with van der Waals surface area (Å²) >= 11 is 0. The Bertz CT molecular complexity index is 576. The smallest absolute Gasteiger partial charge is 0.333 e. The van der Waals surface area contributed by atoms with Gasteiger partial charge >= 0.3 is 5.97 Å². The minimum atomic E-state index is -0.813. The van der Waals surface area contributed by atoms with Gasteiger partial charge in [0.1, 0.15) is 11.9 Å². The Kier molecular flexibility index (Phi) is 5.38. The number of allylic oxidation sites excluding steroid dienone is 1. The highest BCUT2D eigenvalue weighted by atomic mass is 16.6. The van der Waals surface area contributed by atoms with Crippen molar-refractivity contribution < 1.29 is 19.4 Å². The van der Waals surface area contributed by atoms with E-state index in [9.17, 15) is 14.7 Å². The fourth-order valence-electron chi connectivity index (χ4n) is 4.36. The molecular weight excluding hydrogens is 304 g/mol. The molecule has 0 bridgehead atoms. The van der Waals surface area contributed by atoms with Crippen LogP contribution >= 0.6 is 0 Å². The number of rotatable bonds is 3. The summed E-state index contributed by atoms with van der Waals surface area (Å²) in [5.41, 5.74) is 1.26. The monoisotopic (exact) mass is 334 g/mol. The van der Waals surface area contributed by atoms with E-state index in [0.29, 0.717) is 18.4 Å². The third-order valence-electron chi connectivity index (χ3n) is 6.39. The highest BCUT2D eigenvalue weighted by molar-refractivity contribution is 5.88. The maximum atomic E-state index is 12.3. The first kappa shape index (κ1) is 18.9. The van der Waals surface area contributed by atoms with Gasteiger partial charge in [-0.15, -0.1) is 0 Å². The molecule has 0 aromatic carbocycles. The zero-order valence-electron chi connectivity index (χ0n) is 15.5. The van der Waals surface area contributed by atoms with Gasteiger partial charge in [-0.2, -0.15) is 0 Å². The van der Waals surface area contributed by atoms with Gasteiger partial charge in [0.15, 0.2) is 0 Å². The highest BCUT2D eigenvalue weighted by Crippen LogP contribution is 2.55. The number of ketones is 1. The van der Waals surface area contributed by atoms with Crippen LogP contribution in [0.1, 0.15) is 53.9 Å². The van der Waals surface area contributed by atoms with Crippen LogP contribution in [0, 0.1) is 23.2 Å². The normalized spacial score (nSPS) is 40.0. The molecule has 0 heterocycles. The molecule has 24 heavy (non-hydrogen) atoms. The van der Waals surface area contributed by atoms with E-state index in [-0.39, 0.29) is 29.0 Å². The summed E-state index contributed by atoms with van der Waals surface area (Å²) in [6, 6.07) is 0. The van der Waals surface area contributed by atoms with E-state index >= 15 is 0 Å². The third kappa shape index (κ3) is 3.21. The topological polar surface area (TPSA) is 63.6 Å². The predicted molar refractivity (Wildman–Crippen MR) is 93.2 cm³/mol. The standard InChI is InChI=1S/C20H30O4/c1-7-12(4)19(23)24-18-16-9-14(21)8-13(5)20(16,6)10-15(11(2)3)17(18)22/h7,13,15-18,22H,2,8-10H2,1,3-6H3/b12-7-/t13-,15+,16+,17+,18-,20+/m0/s1. The number of hydrogen-bond acceptors (Lipinski definition) is 4. The molecule has 134 valence electrons. The number of aliphatic hydroxyl groups excluding tert-OH is 1. The number of ether oxygens (including phenoxy) is 1. The number of carbonyl (C=O) groups is 2. The lowest BCUT2D eigenvalue weighted by molar-refractivity contribution is -0.187. The summed E-state index contributed by atoms with van der Waals surface area (Å²) in [5.74, 6) is -0.299. The number of Topliss-reactive ketones (excluding diaryl/α,β-unsaturated/α-hetero) is 1. The van der Waals surface area contributed by atoms with Crippen LogP contribution in [0.5, 0.6) is 0 Å². The Morgan fingerprint density at radius 2 is 2.00 bits per heavy atom. The molecule has 2 aliphatic carbocycles. The number of carbonyl (C=O) groups excluding carboxylic acids is 2. The molecule has 0 radical (unpaired) electrons. The van der Waals surface area contributed by atoms with Crippen molar-refractivity contribution in [2.45, 2.75) is 66.1 Å². The molecule has 2 fully saturated rings. The molecule has 0 aromatic heterocycles. The Morgan fingerprint density at radius 3 is 2.54 bits per heavy atom. The van der Waals surface area contributed by atoms with Crippen LogP contribution in [0.4, 0.5) is 0 Å². The quantitative estimate of drug-likeness (QED) is 0.488. The molecule has 6 atom stereocenters. The number of esters is 1. The van der Waals surface area contributed by atoms with Gasteiger partial charge in [-0.05, 0) is 38.5 Å². The number of fused-ring (bicyclic) bond motifs is 1. The molecule has 0 amide bonds. The minimum absolute atomic E-state index is 0.120. The van der Waals surface area contributed by atoms with Crippen molar-refractivity contribution in [3.8, 4) is 0 Å². The minimum Gasteiger partial charge on any atom is -0.456 e. The fourth-order valence-corrected chi connectivity index (χ4v) is 4.36. The third-order valence-corrected chi connectivity index (χ3v) is 6.39. The first-order valence-electron chi connectivity index (χ1n) is 8.80. The summed E-state index contributed by atoms with van der Waals surface area (Å²) in [7, 11) is 0. The molecule has 0 aliphatic heterocycles. The summed E-state index contributed by atoms with van der Waals surface area (Å²) in [6.07, 6.45) is 1.92. The zero-order chi connectivity index (χ0) is 18.2. The summed E-state index contributed by atoms with van der Waals surface area (Å²) in [4.78, 5) is 24.5. The van der Waals surface area contributed by atoms with Gasteiger partial charge in [0.05, 0.1) is 6.10 Å². The van der Waals surface area contributed by atoms with Gasteiger partial charge in [-0.3, -0.25) is 4.79 Å². The lowest BCUT2D eigenvalue weighted by Gasteiger charge is -2.55. The van der Waals surface area contributed by atoms with Crippen LogP contribution in [-0.4, -0.2) is 29.1 Å². The first-order valence-corrected chi connectivity index (χ1v) is 8.80. The Hall–Kier alpha value is -1.42. The van der Waals surface area contributed by atoms with Gasteiger partial charge in [0.2, 0.25) is 0 Å². The first-order chi connectivity index (χ1) is 11.1. The largest absolute Gasteiger partial charge is 0.456 e. The van der Waals surface area contributed by atoms with Crippen molar-refractivity contribution in [1.82, 2.24) is 0 Å². The van der Waals surface area contributed by atoms with E-state index in [4.69, 9.17) is 4.74 Å². The summed E-state index contributed by atoms with van der Waals surface area (Å²) in [5, 5.41) is 10.9. The van der Waals surface area contributed by atoms with Crippen molar-refractivity contribution in [3.05, 3.63) is 23.8 Å². The molecule has 0 spiro atoms. The predicted octanol–water partition coefficient (Wildman–Crippen LogP) is 3.44. The van der Waals surface area contributed by atoms with Crippen LogP contribution in [0.15, 0.2) is 23.8 Å². The Morgan fingerprint density at radius 1 is 1.38 bits per heavy atom. The Balaban J connectivity index is 2.40. The lowest BCUT2D eigenvalue weighted by atomic mass is 9.51. The molecule has 2 aliphatic rings. The van der Waals surface area contributed by atoms with Crippen LogP contribution in [-0.2, 0) is 14.3 Å². The molecular formula is C20H30O4. The van der Waals surface area contributed by atoms with E-state index in [1.54, 1.807) is 19.9 Å². The van der Waals surface area contributed by atoms with Gasteiger partial charge in [-0.1, -0.05) is 32.1 Å². The molecule has 0 saturated heterocycles. The lowest BCUT2D eigenvalue weighted by Crippen LogP contribution is -2.58. The second-order valence-electron chi connectivity index (χ2n) is 7.95. The van der Waals surface area contributed by atoms with E-state index in [0.717, 1.165) is 12.0 Å². The zero-order valence-corrected chi connectivity index (χ0v) is 15.5. The molecule has 2 rings (SSSR count). The van der Waals surface area contributed by atoms with Crippen molar-refractivity contribution in [1.29, 1.82) is 0 Å². The van der Waals surface area contributed by atoms with E-state index < -0.39 is 18.2 Å². The van der Waals surface area contributed by atoms with Crippen molar-refractivity contribution in [2.75, 3.05) is 0 Å². The van der Waals surface area contributed by atoms with Crippen molar-refractivity contribution in [3.63, 3.8) is 0 Å². The maximum absolute atomic E-state index is 12.3. The van der Waals surface area contributed by atoms with E-state index in [1.807, 2.05) is 6.92 Å². The molecule has 4 nitrogen and oxygen atoms in total. The fraction of sp³-hybridized carbons (Fsp3) is 0.700.